The van der Waals surface area contributed by atoms with Crippen LogP contribution in [0.1, 0.15) is 21.5 Å². The van der Waals surface area contributed by atoms with Crippen molar-refractivity contribution in [2.24, 2.45) is 0 Å². The van der Waals surface area contributed by atoms with Crippen molar-refractivity contribution in [1.29, 1.82) is 0 Å². The van der Waals surface area contributed by atoms with Crippen molar-refractivity contribution in [1.82, 2.24) is 0 Å². The summed E-state index contributed by atoms with van der Waals surface area (Å²) >= 11 is 15.5. The van der Waals surface area contributed by atoms with Crippen LogP contribution in [0, 0.1) is 13.8 Å². The van der Waals surface area contributed by atoms with E-state index in [-0.39, 0.29) is 5.91 Å². The number of halogens is 3. The molecule has 0 aliphatic heterocycles. The molecule has 5 heteroatoms. The summed E-state index contributed by atoms with van der Waals surface area (Å²) in [7, 11) is 0. The van der Waals surface area contributed by atoms with E-state index in [4.69, 9.17) is 23.2 Å². The first-order valence-corrected chi connectivity index (χ1v) is 7.46. The number of carbonyl (C=O) groups excluding carboxylic acids is 1. The standard InChI is InChI=1S/C15H12BrCl2NO/c1-8-3-4-11(16)10(5-8)15(20)19-14-7-12(17)9(2)6-13(14)18/h3-7H,1-2H3,(H,19,20). The van der Waals surface area contributed by atoms with Crippen LogP contribution in [0.3, 0.4) is 0 Å². The molecular formula is C15H12BrCl2NO. The summed E-state index contributed by atoms with van der Waals surface area (Å²) in [5.41, 5.74) is 2.93. The predicted octanol–water partition coefficient (Wildman–Crippen LogP) is 5.63. The molecule has 20 heavy (non-hydrogen) atoms. The molecule has 0 spiro atoms. The highest BCUT2D eigenvalue weighted by atomic mass is 79.9. The van der Waals surface area contributed by atoms with Crippen molar-refractivity contribution >= 4 is 50.7 Å². The first kappa shape index (κ1) is 15.4. The molecule has 2 aromatic rings. The fourth-order valence-corrected chi connectivity index (χ4v) is 2.60. The number of carbonyl (C=O) groups is 1. The summed E-state index contributed by atoms with van der Waals surface area (Å²) in [6.45, 7) is 3.79. The van der Waals surface area contributed by atoms with E-state index in [0.717, 1.165) is 15.6 Å². The maximum atomic E-state index is 12.3. The smallest absolute Gasteiger partial charge is 0.256 e. The van der Waals surface area contributed by atoms with Crippen LogP contribution >= 0.6 is 39.1 Å². The van der Waals surface area contributed by atoms with Gasteiger partial charge in [0, 0.05) is 9.50 Å². The van der Waals surface area contributed by atoms with Crippen molar-refractivity contribution in [3.8, 4) is 0 Å². The highest BCUT2D eigenvalue weighted by molar-refractivity contribution is 9.10. The van der Waals surface area contributed by atoms with Gasteiger partial charge in [0.25, 0.3) is 5.91 Å². The Hall–Kier alpha value is -1.03. The zero-order valence-corrected chi connectivity index (χ0v) is 14.0. The third-order valence-electron chi connectivity index (χ3n) is 2.86. The summed E-state index contributed by atoms with van der Waals surface area (Å²) in [4.78, 5) is 12.3. The van der Waals surface area contributed by atoms with Gasteiger partial charge in [-0.15, -0.1) is 0 Å². The molecular weight excluding hydrogens is 361 g/mol. The van der Waals surface area contributed by atoms with Crippen molar-refractivity contribution in [2.45, 2.75) is 13.8 Å². The molecule has 0 aliphatic carbocycles. The van der Waals surface area contributed by atoms with Crippen molar-refractivity contribution in [3.05, 3.63) is 61.5 Å². The SMILES string of the molecule is Cc1ccc(Br)c(C(=O)Nc2cc(Cl)c(C)cc2Cl)c1. The topological polar surface area (TPSA) is 29.1 Å². The van der Waals surface area contributed by atoms with Gasteiger partial charge in [-0.2, -0.15) is 0 Å². The minimum atomic E-state index is -0.234. The van der Waals surface area contributed by atoms with Gasteiger partial charge in [0.05, 0.1) is 16.3 Å². The molecule has 104 valence electrons. The van der Waals surface area contributed by atoms with E-state index in [0.29, 0.717) is 21.3 Å². The minimum absolute atomic E-state index is 0.234. The molecule has 0 unspecified atom stereocenters. The lowest BCUT2D eigenvalue weighted by molar-refractivity contribution is 0.102. The third-order valence-corrected chi connectivity index (χ3v) is 4.27. The lowest BCUT2D eigenvalue weighted by atomic mass is 10.1. The highest BCUT2D eigenvalue weighted by Gasteiger charge is 2.13. The second kappa shape index (κ2) is 6.17. The monoisotopic (exact) mass is 371 g/mol. The van der Waals surface area contributed by atoms with Crippen LogP contribution in [-0.4, -0.2) is 5.91 Å². The molecule has 2 nitrogen and oxygen atoms in total. The zero-order valence-electron chi connectivity index (χ0n) is 10.9. The summed E-state index contributed by atoms with van der Waals surface area (Å²) < 4.78 is 0.731. The van der Waals surface area contributed by atoms with E-state index in [1.807, 2.05) is 32.0 Å². The van der Waals surface area contributed by atoms with Crippen LogP contribution in [0.5, 0.6) is 0 Å². The number of rotatable bonds is 2. The van der Waals surface area contributed by atoms with E-state index in [9.17, 15) is 4.79 Å². The van der Waals surface area contributed by atoms with Crippen LogP contribution < -0.4 is 5.32 Å². The number of nitrogens with one attached hydrogen (secondary N) is 1. The van der Waals surface area contributed by atoms with E-state index < -0.39 is 0 Å². The van der Waals surface area contributed by atoms with Gasteiger partial charge in [-0.3, -0.25) is 4.79 Å². The van der Waals surface area contributed by atoms with Gasteiger partial charge < -0.3 is 5.32 Å². The molecule has 1 amide bonds. The fraction of sp³-hybridized carbons (Fsp3) is 0.133. The van der Waals surface area contributed by atoms with Gasteiger partial charge in [0.15, 0.2) is 0 Å². The summed E-state index contributed by atoms with van der Waals surface area (Å²) in [6.07, 6.45) is 0. The molecule has 1 N–H and O–H groups in total. The average Bonchev–Trinajstić information content (AvgIpc) is 2.38. The Labute approximate surface area is 136 Å². The quantitative estimate of drug-likeness (QED) is 0.727. The molecule has 0 bridgehead atoms. The fourth-order valence-electron chi connectivity index (χ4n) is 1.74. The third kappa shape index (κ3) is 3.35. The van der Waals surface area contributed by atoms with Gasteiger partial charge in [-0.1, -0.05) is 34.8 Å². The Kier molecular flexibility index (Phi) is 4.74. The van der Waals surface area contributed by atoms with Crippen LogP contribution in [-0.2, 0) is 0 Å². The van der Waals surface area contributed by atoms with Gasteiger partial charge in [-0.05, 0) is 59.6 Å². The van der Waals surface area contributed by atoms with Crippen molar-refractivity contribution < 1.29 is 4.79 Å². The van der Waals surface area contributed by atoms with Crippen LogP contribution in [0.4, 0.5) is 5.69 Å². The van der Waals surface area contributed by atoms with Crippen LogP contribution in [0.25, 0.3) is 0 Å². The zero-order chi connectivity index (χ0) is 14.9. The molecule has 2 aromatic carbocycles. The molecule has 0 atom stereocenters. The molecule has 0 aliphatic rings. The van der Waals surface area contributed by atoms with E-state index in [1.165, 1.54) is 0 Å². The van der Waals surface area contributed by atoms with Crippen LogP contribution in [0.15, 0.2) is 34.8 Å². The maximum Gasteiger partial charge on any atom is 0.256 e. The van der Waals surface area contributed by atoms with Gasteiger partial charge in [0.1, 0.15) is 0 Å². The number of hydrogen-bond acceptors (Lipinski definition) is 1. The first-order valence-electron chi connectivity index (χ1n) is 5.91. The number of hydrogen-bond donors (Lipinski definition) is 1. The molecule has 0 saturated carbocycles. The van der Waals surface area contributed by atoms with E-state index in [1.54, 1.807) is 12.1 Å². The Morgan fingerprint density at radius 2 is 1.80 bits per heavy atom. The number of benzene rings is 2. The molecule has 0 fully saturated rings. The Bertz CT molecular complexity index is 686. The first-order chi connectivity index (χ1) is 9.38. The Morgan fingerprint density at radius 3 is 2.50 bits per heavy atom. The van der Waals surface area contributed by atoms with Gasteiger partial charge >= 0.3 is 0 Å². The minimum Gasteiger partial charge on any atom is -0.321 e. The van der Waals surface area contributed by atoms with Gasteiger partial charge in [-0.25, -0.2) is 0 Å². The second-order valence-corrected chi connectivity index (χ2v) is 6.19. The summed E-state index contributed by atoms with van der Waals surface area (Å²) in [5.74, 6) is -0.234. The largest absolute Gasteiger partial charge is 0.321 e. The molecule has 0 heterocycles. The Morgan fingerprint density at radius 1 is 1.10 bits per heavy atom. The lowest BCUT2D eigenvalue weighted by Gasteiger charge is -2.11. The Balaban J connectivity index is 2.32. The predicted molar refractivity (Wildman–Crippen MR) is 88.0 cm³/mol. The lowest BCUT2D eigenvalue weighted by Crippen LogP contribution is -2.13. The molecule has 0 aromatic heterocycles. The van der Waals surface area contributed by atoms with E-state index in [2.05, 4.69) is 21.2 Å². The summed E-state index contributed by atoms with van der Waals surface area (Å²) in [5, 5.41) is 3.80. The highest BCUT2D eigenvalue weighted by Crippen LogP contribution is 2.29. The number of amides is 1. The van der Waals surface area contributed by atoms with Crippen molar-refractivity contribution in [3.63, 3.8) is 0 Å². The van der Waals surface area contributed by atoms with Gasteiger partial charge in [0.2, 0.25) is 0 Å². The van der Waals surface area contributed by atoms with Crippen molar-refractivity contribution in [2.75, 3.05) is 5.32 Å². The maximum absolute atomic E-state index is 12.3. The molecule has 0 saturated heterocycles. The van der Waals surface area contributed by atoms with Crippen LogP contribution in [0.2, 0.25) is 10.0 Å². The normalized spacial score (nSPS) is 10.4. The molecule has 2 rings (SSSR count). The average molecular weight is 373 g/mol. The second-order valence-electron chi connectivity index (χ2n) is 4.52. The van der Waals surface area contributed by atoms with E-state index >= 15 is 0 Å². The number of anilines is 1. The summed E-state index contributed by atoms with van der Waals surface area (Å²) in [6, 6.07) is 8.96. The molecule has 0 radical (unpaired) electrons. The number of aryl methyl sites for hydroxylation is 2.